The van der Waals surface area contributed by atoms with Crippen LogP contribution in [-0.2, 0) is 6.54 Å². The Morgan fingerprint density at radius 1 is 1.11 bits per heavy atom. The second-order valence-electron chi connectivity index (χ2n) is 4.69. The van der Waals surface area contributed by atoms with Crippen LogP contribution in [0.2, 0.25) is 0 Å². The van der Waals surface area contributed by atoms with Crippen molar-refractivity contribution >= 4 is 11.5 Å². The van der Waals surface area contributed by atoms with Crippen molar-refractivity contribution in [3.8, 4) is 0 Å². The van der Waals surface area contributed by atoms with E-state index >= 15 is 0 Å². The van der Waals surface area contributed by atoms with Crippen LogP contribution in [0.3, 0.4) is 0 Å². The predicted molar refractivity (Wildman–Crippen MR) is 81.7 cm³/mol. The minimum atomic E-state index is 0.810. The lowest BCUT2D eigenvalue weighted by molar-refractivity contribution is 0.880. The molecule has 1 N–H and O–H groups in total. The molecule has 3 heteroatoms. The fraction of sp³-hybridized carbons (Fsp3) is 0.312. The summed E-state index contributed by atoms with van der Waals surface area (Å²) in [5, 5.41) is 3.24. The summed E-state index contributed by atoms with van der Waals surface area (Å²) < 4.78 is 0. The molecule has 0 saturated carbocycles. The number of rotatable bonds is 5. The van der Waals surface area contributed by atoms with Gasteiger partial charge in [0.25, 0.3) is 0 Å². The molecule has 1 aromatic heterocycles. The zero-order valence-corrected chi connectivity index (χ0v) is 11.9. The highest BCUT2D eigenvalue weighted by molar-refractivity contribution is 5.52. The van der Waals surface area contributed by atoms with Gasteiger partial charge in [-0.15, -0.1) is 0 Å². The number of nitrogens with zero attached hydrogens (tertiary/aromatic N) is 2. The first-order chi connectivity index (χ1) is 9.20. The molecule has 19 heavy (non-hydrogen) atoms. The summed E-state index contributed by atoms with van der Waals surface area (Å²) in [6.07, 6.45) is 0. The lowest BCUT2D eigenvalue weighted by atomic mass is 10.2. The molecule has 0 atom stereocenters. The molecule has 0 saturated heterocycles. The van der Waals surface area contributed by atoms with Crippen molar-refractivity contribution in [2.24, 2.45) is 0 Å². The van der Waals surface area contributed by atoms with E-state index in [1.807, 2.05) is 12.1 Å². The van der Waals surface area contributed by atoms with E-state index in [0.717, 1.165) is 24.6 Å². The van der Waals surface area contributed by atoms with Gasteiger partial charge in [0, 0.05) is 19.3 Å². The Morgan fingerprint density at radius 3 is 2.63 bits per heavy atom. The molecule has 0 radical (unpaired) electrons. The number of benzene rings is 1. The Labute approximate surface area is 115 Å². The molecule has 0 aliphatic rings. The highest BCUT2D eigenvalue weighted by Gasteiger charge is 2.05. The van der Waals surface area contributed by atoms with E-state index in [1.165, 1.54) is 11.3 Å². The van der Waals surface area contributed by atoms with E-state index in [1.54, 1.807) is 0 Å². The standard InChI is InChI=1S/C16H21N3/c1-4-17-16-11-7-9-14(18-16)12-19(3)15-10-6-5-8-13(15)2/h5-11H,4,12H2,1-3H3,(H,17,18). The van der Waals surface area contributed by atoms with Crippen LogP contribution in [0.4, 0.5) is 11.5 Å². The second kappa shape index (κ2) is 6.23. The van der Waals surface area contributed by atoms with Crippen LogP contribution in [0, 0.1) is 6.92 Å². The van der Waals surface area contributed by atoms with Crippen molar-refractivity contribution in [2.45, 2.75) is 20.4 Å². The minimum absolute atomic E-state index is 0.810. The number of para-hydroxylation sites is 1. The van der Waals surface area contributed by atoms with Crippen molar-refractivity contribution in [1.82, 2.24) is 4.98 Å². The number of aryl methyl sites for hydroxylation is 1. The van der Waals surface area contributed by atoms with Crippen LogP contribution in [0.5, 0.6) is 0 Å². The molecule has 1 aromatic carbocycles. The van der Waals surface area contributed by atoms with Crippen LogP contribution in [0.15, 0.2) is 42.5 Å². The Kier molecular flexibility index (Phi) is 4.39. The summed E-state index contributed by atoms with van der Waals surface area (Å²) in [5.41, 5.74) is 3.61. The predicted octanol–water partition coefficient (Wildman–Crippen LogP) is 3.46. The van der Waals surface area contributed by atoms with Crippen molar-refractivity contribution in [2.75, 3.05) is 23.8 Å². The van der Waals surface area contributed by atoms with Gasteiger partial charge in [0.1, 0.15) is 5.82 Å². The monoisotopic (exact) mass is 255 g/mol. The Bertz CT molecular complexity index is 537. The second-order valence-corrected chi connectivity index (χ2v) is 4.69. The summed E-state index contributed by atoms with van der Waals surface area (Å²) in [6, 6.07) is 14.5. The Hall–Kier alpha value is -2.03. The molecule has 1 heterocycles. The number of aromatic nitrogens is 1. The fourth-order valence-electron chi connectivity index (χ4n) is 2.17. The van der Waals surface area contributed by atoms with Gasteiger partial charge >= 0.3 is 0 Å². The number of hydrogen-bond donors (Lipinski definition) is 1. The zero-order valence-electron chi connectivity index (χ0n) is 11.9. The van der Waals surface area contributed by atoms with Gasteiger partial charge < -0.3 is 10.2 Å². The van der Waals surface area contributed by atoms with Crippen molar-refractivity contribution in [3.05, 3.63) is 53.7 Å². The average Bonchev–Trinajstić information content (AvgIpc) is 2.40. The largest absolute Gasteiger partial charge is 0.370 e. The van der Waals surface area contributed by atoms with Crippen molar-refractivity contribution < 1.29 is 0 Å². The van der Waals surface area contributed by atoms with Gasteiger partial charge in [-0.3, -0.25) is 0 Å². The zero-order chi connectivity index (χ0) is 13.7. The number of hydrogen-bond acceptors (Lipinski definition) is 3. The van der Waals surface area contributed by atoms with Gasteiger partial charge in [0.2, 0.25) is 0 Å². The third kappa shape index (κ3) is 3.47. The van der Waals surface area contributed by atoms with E-state index in [4.69, 9.17) is 0 Å². The molecular weight excluding hydrogens is 234 g/mol. The molecule has 3 nitrogen and oxygen atoms in total. The topological polar surface area (TPSA) is 28.2 Å². The Balaban J connectivity index is 2.12. The third-order valence-electron chi connectivity index (χ3n) is 3.09. The molecule has 0 spiro atoms. The third-order valence-corrected chi connectivity index (χ3v) is 3.09. The lowest BCUT2D eigenvalue weighted by Crippen LogP contribution is -2.18. The lowest BCUT2D eigenvalue weighted by Gasteiger charge is -2.21. The summed E-state index contributed by atoms with van der Waals surface area (Å²) in [6.45, 7) is 5.91. The maximum absolute atomic E-state index is 4.60. The van der Waals surface area contributed by atoms with Crippen LogP contribution >= 0.6 is 0 Å². The number of nitrogens with one attached hydrogen (secondary N) is 1. The smallest absolute Gasteiger partial charge is 0.126 e. The van der Waals surface area contributed by atoms with E-state index in [2.05, 4.69) is 66.4 Å². The molecule has 0 unspecified atom stereocenters. The molecule has 100 valence electrons. The van der Waals surface area contributed by atoms with Gasteiger partial charge in [-0.25, -0.2) is 4.98 Å². The first-order valence-electron chi connectivity index (χ1n) is 6.67. The maximum atomic E-state index is 4.60. The van der Waals surface area contributed by atoms with Crippen molar-refractivity contribution in [1.29, 1.82) is 0 Å². The van der Waals surface area contributed by atoms with Crippen LogP contribution < -0.4 is 10.2 Å². The molecule has 2 rings (SSSR count). The van der Waals surface area contributed by atoms with Crippen molar-refractivity contribution in [3.63, 3.8) is 0 Å². The minimum Gasteiger partial charge on any atom is -0.370 e. The molecule has 0 bridgehead atoms. The van der Waals surface area contributed by atoms with Gasteiger partial charge in [0.05, 0.1) is 12.2 Å². The summed E-state index contributed by atoms with van der Waals surface area (Å²) in [7, 11) is 2.10. The van der Waals surface area contributed by atoms with Crippen LogP contribution in [0.1, 0.15) is 18.2 Å². The fourth-order valence-corrected chi connectivity index (χ4v) is 2.17. The number of pyridine rings is 1. The number of anilines is 2. The summed E-state index contributed by atoms with van der Waals surface area (Å²) >= 11 is 0. The van der Waals surface area contributed by atoms with Gasteiger partial charge in [-0.05, 0) is 37.6 Å². The SMILES string of the molecule is CCNc1cccc(CN(C)c2ccccc2C)n1. The summed E-state index contributed by atoms with van der Waals surface area (Å²) in [4.78, 5) is 6.83. The molecule has 0 aliphatic carbocycles. The van der Waals surface area contributed by atoms with E-state index < -0.39 is 0 Å². The van der Waals surface area contributed by atoms with E-state index in [-0.39, 0.29) is 0 Å². The van der Waals surface area contributed by atoms with Gasteiger partial charge in [-0.2, -0.15) is 0 Å². The average molecular weight is 255 g/mol. The molecule has 0 amide bonds. The molecule has 2 aromatic rings. The quantitative estimate of drug-likeness (QED) is 0.887. The maximum Gasteiger partial charge on any atom is 0.126 e. The molecular formula is C16H21N3. The first kappa shape index (κ1) is 13.4. The van der Waals surface area contributed by atoms with Crippen LogP contribution in [-0.4, -0.2) is 18.6 Å². The molecule has 0 fully saturated rings. The summed E-state index contributed by atoms with van der Waals surface area (Å²) in [5.74, 6) is 0.943. The van der Waals surface area contributed by atoms with Crippen LogP contribution in [0.25, 0.3) is 0 Å². The first-order valence-corrected chi connectivity index (χ1v) is 6.67. The highest BCUT2D eigenvalue weighted by Crippen LogP contribution is 2.19. The van der Waals surface area contributed by atoms with Gasteiger partial charge in [0.15, 0.2) is 0 Å². The molecule has 0 aliphatic heterocycles. The van der Waals surface area contributed by atoms with E-state index in [0.29, 0.717) is 0 Å². The highest BCUT2D eigenvalue weighted by atomic mass is 15.1. The van der Waals surface area contributed by atoms with E-state index in [9.17, 15) is 0 Å². The normalized spacial score (nSPS) is 10.3. The Morgan fingerprint density at radius 2 is 1.89 bits per heavy atom. The van der Waals surface area contributed by atoms with Gasteiger partial charge in [-0.1, -0.05) is 24.3 Å².